The monoisotopic (exact) mass is 450 g/mol. The summed E-state index contributed by atoms with van der Waals surface area (Å²) < 4.78 is 46.3. The molecule has 0 atom stereocenters. The quantitative estimate of drug-likeness (QED) is 0.559. The number of nitrogens with one attached hydrogen (secondary N) is 1. The fourth-order valence-electron chi connectivity index (χ4n) is 3.19. The van der Waals surface area contributed by atoms with Crippen molar-refractivity contribution in [2.24, 2.45) is 7.05 Å². The first-order valence-corrected chi connectivity index (χ1v) is 10.1. The van der Waals surface area contributed by atoms with Gasteiger partial charge in [0, 0.05) is 19.5 Å². The van der Waals surface area contributed by atoms with Gasteiger partial charge in [-0.2, -0.15) is 13.2 Å². The molecule has 10 heteroatoms. The molecule has 1 aromatic carbocycles. The molecule has 3 aromatic rings. The molecule has 2 aromatic heterocycles. The van der Waals surface area contributed by atoms with E-state index >= 15 is 0 Å². The number of rotatable bonds is 7. The Balaban J connectivity index is 1.95. The van der Waals surface area contributed by atoms with Crippen molar-refractivity contribution in [1.29, 1.82) is 0 Å². The molecular weight excluding hydrogens is 425 g/mol. The number of ether oxygens (including phenoxy) is 1. The Kier molecular flexibility index (Phi) is 6.45. The molecule has 0 saturated carbocycles. The molecule has 32 heavy (non-hydrogen) atoms. The highest BCUT2D eigenvalue weighted by Crippen LogP contribution is 2.32. The zero-order valence-electron chi connectivity index (χ0n) is 18.2. The number of halogens is 3. The van der Waals surface area contributed by atoms with Gasteiger partial charge in [-0.05, 0) is 45.4 Å². The van der Waals surface area contributed by atoms with Crippen LogP contribution in [-0.2, 0) is 19.6 Å². The van der Waals surface area contributed by atoms with Crippen molar-refractivity contribution >= 4 is 22.6 Å². The highest BCUT2D eigenvalue weighted by Gasteiger charge is 2.33. The van der Waals surface area contributed by atoms with E-state index in [9.17, 15) is 23.1 Å². The summed E-state index contributed by atoms with van der Waals surface area (Å²) in [6.45, 7) is 5.53. The van der Waals surface area contributed by atoms with Crippen LogP contribution in [0.2, 0.25) is 0 Å². The summed E-state index contributed by atoms with van der Waals surface area (Å²) in [6.07, 6.45) is -3.61. The van der Waals surface area contributed by atoms with Crippen LogP contribution in [0, 0.1) is 0 Å². The Morgan fingerprint density at radius 1 is 1.22 bits per heavy atom. The Morgan fingerprint density at radius 3 is 2.56 bits per heavy atom. The second-order valence-corrected chi connectivity index (χ2v) is 8.03. The lowest BCUT2D eigenvalue weighted by atomic mass is 10.0. The number of amides is 1. The van der Waals surface area contributed by atoms with Gasteiger partial charge in [-0.25, -0.2) is 9.97 Å². The predicted octanol–water partition coefficient (Wildman–Crippen LogP) is 4.34. The van der Waals surface area contributed by atoms with Crippen LogP contribution in [-0.4, -0.2) is 37.8 Å². The van der Waals surface area contributed by atoms with Crippen molar-refractivity contribution in [3.63, 3.8) is 0 Å². The van der Waals surface area contributed by atoms with Crippen LogP contribution in [0.4, 0.5) is 18.9 Å². The first kappa shape index (κ1) is 23.5. The third-order valence-electron chi connectivity index (χ3n) is 4.86. The topological polar surface area (TPSA) is 89.3 Å². The molecule has 2 heterocycles. The van der Waals surface area contributed by atoms with E-state index in [1.807, 2.05) is 11.6 Å². The number of aromatic nitrogens is 3. The minimum atomic E-state index is -4.65. The molecule has 0 radical (unpaired) electrons. The average Bonchev–Trinajstić information content (AvgIpc) is 3.00. The molecule has 0 aliphatic heterocycles. The lowest BCUT2D eigenvalue weighted by Gasteiger charge is -2.16. The van der Waals surface area contributed by atoms with Gasteiger partial charge in [-0.15, -0.1) is 0 Å². The highest BCUT2D eigenvalue weighted by atomic mass is 19.4. The summed E-state index contributed by atoms with van der Waals surface area (Å²) in [6, 6.07) is 6.48. The first-order chi connectivity index (χ1) is 14.9. The number of imidazole rings is 1. The van der Waals surface area contributed by atoms with Crippen molar-refractivity contribution in [2.75, 3.05) is 11.9 Å². The number of nitrogens with zero attached hydrogens (tertiary/aromatic N) is 3. The van der Waals surface area contributed by atoms with E-state index in [1.165, 1.54) is 6.07 Å². The second-order valence-electron chi connectivity index (χ2n) is 8.03. The second kappa shape index (κ2) is 8.78. The highest BCUT2D eigenvalue weighted by molar-refractivity contribution is 6.04. The molecule has 0 unspecified atom stereocenters. The number of carbonyl (C=O) groups excluding carboxylic acids is 1. The van der Waals surface area contributed by atoms with E-state index in [4.69, 9.17) is 4.74 Å². The minimum Gasteiger partial charge on any atom is -0.492 e. The van der Waals surface area contributed by atoms with Gasteiger partial charge < -0.3 is 19.7 Å². The van der Waals surface area contributed by atoms with Gasteiger partial charge >= 0.3 is 6.18 Å². The molecule has 0 saturated heterocycles. The van der Waals surface area contributed by atoms with Gasteiger partial charge in [0.05, 0.1) is 28.9 Å². The maximum absolute atomic E-state index is 12.9. The molecule has 0 fully saturated rings. The summed E-state index contributed by atoms with van der Waals surface area (Å²) in [4.78, 5) is 20.7. The van der Waals surface area contributed by atoms with Crippen LogP contribution < -0.4 is 10.1 Å². The number of fused-ring (bicyclic) bond motifs is 1. The largest absolute Gasteiger partial charge is 0.492 e. The van der Waals surface area contributed by atoms with Gasteiger partial charge in [0.1, 0.15) is 23.0 Å². The zero-order valence-corrected chi connectivity index (χ0v) is 18.2. The van der Waals surface area contributed by atoms with Crippen LogP contribution >= 0.6 is 0 Å². The molecule has 7 nitrogen and oxygen atoms in total. The number of carbonyl (C=O) groups is 1. The summed E-state index contributed by atoms with van der Waals surface area (Å²) in [5, 5.41) is 12.6. The van der Waals surface area contributed by atoms with E-state index in [0.717, 1.165) is 18.0 Å². The van der Waals surface area contributed by atoms with Gasteiger partial charge in [0.2, 0.25) is 0 Å². The lowest BCUT2D eigenvalue weighted by molar-refractivity contribution is -0.141. The number of aliphatic hydroxyl groups is 1. The third kappa shape index (κ3) is 5.37. The van der Waals surface area contributed by atoms with Crippen LogP contribution in [0.1, 0.15) is 49.2 Å². The Hall–Kier alpha value is -3.14. The van der Waals surface area contributed by atoms with E-state index < -0.39 is 23.4 Å². The first-order valence-electron chi connectivity index (χ1n) is 10.1. The number of alkyl halides is 3. The molecule has 1 amide bonds. The van der Waals surface area contributed by atoms with E-state index in [2.05, 4.69) is 15.3 Å². The van der Waals surface area contributed by atoms with Gasteiger partial charge in [-0.1, -0.05) is 6.07 Å². The van der Waals surface area contributed by atoms with Gasteiger partial charge in [0.15, 0.2) is 0 Å². The average molecular weight is 450 g/mol. The Morgan fingerprint density at radius 2 is 1.94 bits per heavy atom. The molecular formula is C22H25F3N4O3. The third-order valence-corrected chi connectivity index (χ3v) is 4.86. The fraction of sp³-hybridized carbons (Fsp3) is 0.409. The predicted molar refractivity (Wildman–Crippen MR) is 114 cm³/mol. The van der Waals surface area contributed by atoms with Gasteiger partial charge in [-0.3, -0.25) is 4.79 Å². The van der Waals surface area contributed by atoms with E-state index in [0.29, 0.717) is 41.9 Å². The maximum atomic E-state index is 12.9. The number of pyridine rings is 1. The number of anilines is 1. The normalized spacial score (nSPS) is 12.2. The molecule has 0 spiro atoms. The molecule has 3 rings (SSSR count). The summed E-state index contributed by atoms with van der Waals surface area (Å²) in [7, 11) is 1.81. The smallest absolute Gasteiger partial charge is 0.433 e. The standard InChI is InChI=1S/C22H25F3N4O3/c1-5-32-17-12-14-16(29(4)19(27-14)9-10-21(2,3)31)11-15(17)28-20(30)13-7-6-8-18(26-13)22(23,24)25/h6-8,11-12,31H,5,9-10H2,1-4H3,(H,28,30). The molecule has 0 bridgehead atoms. The number of hydrogen-bond donors (Lipinski definition) is 2. The van der Waals surface area contributed by atoms with Crippen molar-refractivity contribution in [1.82, 2.24) is 14.5 Å². The Labute approximate surface area is 183 Å². The lowest BCUT2D eigenvalue weighted by Crippen LogP contribution is -2.20. The van der Waals surface area contributed by atoms with Crippen molar-refractivity contribution in [3.8, 4) is 5.75 Å². The Bertz CT molecular complexity index is 1130. The summed E-state index contributed by atoms with van der Waals surface area (Å²) in [5.74, 6) is 0.292. The summed E-state index contributed by atoms with van der Waals surface area (Å²) in [5.41, 5.74) is -0.720. The van der Waals surface area contributed by atoms with E-state index in [1.54, 1.807) is 32.9 Å². The fourth-order valence-corrected chi connectivity index (χ4v) is 3.19. The number of hydrogen-bond acceptors (Lipinski definition) is 5. The maximum Gasteiger partial charge on any atom is 0.433 e. The van der Waals surface area contributed by atoms with Crippen LogP contribution in [0.25, 0.3) is 11.0 Å². The SMILES string of the molecule is CCOc1cc2nc(CCC(C)(C)O)n(C)c2cc1NC(=O)c1cccc(C(F)(F)F)n1. The summed E-state index contributed by atoms with van der Waals surface area (Å²) >= 11 is 0. The molecule has 2 N–H and O–H groups in total. The van der Waals surface area contributed by atoms with E-state index in [-0.39, 0.29) is 5.69 Å². The molecule has 0 aliphatic carbocycles. The molecule has 172 valence electrons. The van der Waals surface area contributed by atoms with Crippen LogP contribution in [0.5, 0.6) is 5.75 Å². The van der Waals surface area contributed by atoms with Crippen molar-refractivity contribution in [3.05, 3.63) is 47.5 Å². The number of benzene rings is 1. The zero-order chi connectivity index (χ0) is 23.7. The van der Waals surface area contributed by atoms with Crippen molar-refractivity contribution in [2.45, 2.75) is 45.4 Å². The van der Waals surface area contributed by atoms with Crippen LogP contribution in [0.3, 0.4) is 0 Å². The van der Waals surface area contributed by atoms with Crippen molar-refractivity contribution < 1.29 is 27.8 Å². The molecule has 0 aliphatic rings. The van der Waals surface area contributed by atoms with Gasteiger partial charge in [0.25, 0.3) is 5.91 Å². The van der Waals surface area contributed by atoms with Crippen LogP contribution in [0.15, 0.2) is 30.3 Å². The minimum absolute atomic E-state index is 0.292. The number of aryl methyl sites for hydroxylation is 2.